The minimum atomic E-state index is -0.0140. The highest BCUT2D eigenvalue weighted by atomic mass is 16.1. The number of fused-ring (bicyclic) bond motifs is 1. The monoisotopic (exact) mass is 232 g/mol. The van der Waals surface area contributed by atoms with Crippen molar-refractivity contribution in [1.29, 1.82) is 0 Å². The molecule has 2 aliphatic rings. The van der Waals surface area contributed by atoms with Gasteiger partial charge in [0.05, 0.1) is 17.0 Å². The number of piperidine rings is 1. The fraction of sp³-hybridized carbons (Fsp3) is 0.583. The van der Waals surface area contributed by atoms with Gasteiger partial charge in [0.2, 0.25) is 0 Å². The third kappa shape index (κ3) is 1.80. The van der Waals surface area contributed by atoms with E-state index in [0.717, 1.165) is 18.8 Å². The van der Waals surface area contributed by atoms with E-state index in [1.54, 1.807) is 6.07 Å². The number of amides is 1. The highest BCUT2D eigenvalue weighted by Crippen LogP contribution is 2.41. The van der Waals surface area contributed by atoms with E-state index in [4.69, 9.17) is 0 Å². The number of aryl methyl sites for hydroxylation is 2. The van der Waals surface area contributed by atoms with Crippen LogP contribution in [-0.2, 0) is 0 Å². The second kappa shape index (κ2) is 3.77. The van der Waals surface area contributed by atoms with Crippen LogP contribution in [0, 0.1) is 25.7 Å². The number of hydrogen-bond donors (Lipinski definition) is 2. The van der Waals surface area contributed by atoms with Crippen LogP contribution < -0.4 is 10.6 Å². The average Bonchev–Trinajstić information content (AvgIpc) is 2.76. The van der Waals surface area contributed by atoms with Crippen LogP contribution in [0.4, 0.5) is 0 Å². The fourth-order valence-corrected chi connectivity index (χ4v) is 2.64. The van der Waals surface area contributed by atoms with E-state index >= 15 is 0 Å². The maximum Gasteiger partial charge on any atom is 0.253 e. The van der Waals surface area contributed by atoms with Crippen LogP contribution in [0.5, 0.6) is 0 Å². The summed E-state index contributed by atoms with van der Waals surface area (Å²) >= 11 is 0. The molecule has 5 nitrogen and oxygen atoms in total. The van der Waals surface area contributed by atoms with E-state index in [-0.39, 0.29) is 5.91 Å². The lowest BCUT2D eigenvalue weighted by atomic mass is 10.2. The van der Waals surface area contributed by atoms with Gasteiger partial charge >= 0.3 is 0 Å². The molecule has 2 N–H and O–H groups in total. The van der Waals surface area contributed by atoms with Crippen LogP contribution in [0.1, 0.15) is 21.7 Å². The zero-order chi connectivity index (χ0) is 12.0. The molecule has 2 atom stereocenters. The number of aromatic nitrogens is 2. The van der Waals surface area contributed by atoms with Crippen LogP contribution in [0.3, 0.4) is 0 Å². The van der Waals surface area contributed by atoms with Crippen molar-refractivity contribution >= 4 is 5.91 Å². The molecular formula is C12H16N4O. The molecule has 2 fully saturated rings. The normalized spacial score (nSPS) is 29.9. The standard InChI is InChI=1S/C12H16N4O/c1-6-3-8(7(2)16-15-6)12(17)14-11-9-4-13-5-10(9)11/h3,9-11,13H,4-5H2,1-2H3,(H,14,17). The molecule has 0 radical (unpaired) electrons. The largest absolute Gasteiger partial charge is 0.349 e. The first-order valence-electron chi connectivity index (χ1n) is 5.99. The molecule has 2 heterocycles. The van der Waals surface area contributed by atoms with E-state index in [9.17, 15) is 4.79 Å². The van der Waals surface area contributed by atoms with Gasteiger partial charge in [-0.15, -0.1) is 0 Å². The van der Waals surface area contributed by atoms with Crippen molar-refractivity contribution < 1.29 is 4.79 Å². The average molecular weight is 232 g/mol. The van der Waals surface area contributed by atoms with Crippen molar-refractivity contribution in [2.24, 2.45) is 11.8 Å². The van der Waals surface area contributed by atoms with E-state index < -0.39 is 0 Å². The molecule has 2 unspecified atom stereocenters. The van der Waals surface area contributed by atoms with E-state index in [0.29, 0.717) is 29.1 Å². The minimum absolute atomic E-state index is 0.0140. The number of nitrogens with zero attached hydrogens (tertiary/aromatic N) is 2. The van der Waals surface area contributed by atoms with E-state index in [2.05, 4.69) is 20.8 Å². The summed E-state index contributed by atoms with van der Waals surface area (Å²) in [6.45, 7) is 5.72. The number of hydrogen-bond acceptors (Lipinski definition) is 4. The molecule has 1 aliphatic heterocycles. The van der Waals surface area contributed by atoms with Crippen molar-refractivity contribution in [3.05, 3.63) is 23.0 Å². The Balaban J connectivity index is 1.72. The molecule has 5 heteroatoms. The van der Waals surface area contributed by atoms with Crippen LogP contribution in [0.25, 0.3) is 0 Å². The smallest absolute Gasteiger partial charge is 0.253 e. The van der Waals surface area contributed by atoms with Crippen LogP contribution in [0.15, 0.2) is 6.07 Å². The Morgan fingerprint density at radius 1 is 1.35 bits per heavy atom. The summed E-state index contributed by atoms with van der Waals surface area (Å²) in [6.07, 6.45) is 0. The molecule has 1 amide bonds. The molecule has 3 rings (SSSR count). The Bertz CT molecular complexity index is 464. The minimum Gasteiger partial charge on any atom is -0.349 e. The molecule has 1 saturated heterocycles. The molecular weight excluding hydrogens is 216 g/mol. The quantitative estimate of drug-likeness (QED) is 0.755. The molecule has 17 heavy (non-hydrogen) atoms. The third-order valence-corrected chi connectivity index (χ3v) is 3.73. The highest BCUT2D eigenvalue weighted by molar-refractivity contribution is 5.95. The van der Waals surface area contributed by atoms with Crippen molar-refractivity contribution in [3.63, 3.8) is 0 Å². The predicted octanol–water partition coefficient (Wildman–Crippen LogP) is 0.0410. The van der Waals surface area contributed by atoms with Gasteiger partial charge < -0.3 is 10.6 Å². The molecule has 1 saturated carbocycles. The molecule has 1 aliphatic carbocycles. The highest BCUT2D eigenvalue weighted by Gasteiger charge is 2.53. The zero-order valence-electron chi connectivity index (χ0n) is 10.0. The summed E-state index contributed by atoms with van der Waals surface area (Å²) in [6, 6.07) is 2.16. The molecule has 90 valence electrons. The first-order chi connectivity index (χ1) is 8.16. The van der Waals surface area contributed by atoms with Crippen molar-refractivity contribution in [2.75, 3.05) is 13.1 Å². The van der Waals surface area contributed by atoms with Gasteiger partial charge in [-0.25, -0.2) is 0 Å². The molecule has 0 spiro atoms. The summed E-state index contributed by atoms with van der Waals surface area (Å²) in [4.78, 5) is 12.1. The first kappa shape index (κ1) is 10.7. The Labute approximate surface area is 100 Å². The molecule has 1 aromatic heterocycles. The van der Waals surface area contributed by atoms with Crippen LogP contribution in [-0.4, -0.2) is 35.2 Å². The third-order valence-electron chi connectivity index (χ3n) is 3.73. The van der Waals surface area contributed by atoms with E-state index in [1.165, 1.54) is 0 Å². The number of carbonyl (C=O) groups is 1. The summed E-state index contributed by atoms with van der Waals surface area (Å²) in [7, 11) is 0. The zero-order valence-corrected chi connectivity index (χ0v) is 10.0. The van der Waals surface area contributed by atoms with Crippen LogP contribution >= 0.6 is 0 Å². The SMILES string of the molecule is Cc1cc(C(=O)NC2C3CNCC32)c(C)nn1. The van der Waals surface area contributed by atoms with Gasteiger partial charge in [-0.1, -0.05) is 0 Å². The topological polar surface area (TPSA) is 66.9 Å². The van der Waals surface area contributed by atoms with E-state index in [1.807, 2.05) is 13.8 Å². The Kier molecular flexibility index (Phi) is 2.36. The lowest BCUT2D eigenvalue weighted by Crippen LogP contribution is -2.33. The fourth-order valence-electron chi connectivity index (χ4n) is 2.64. The lowest BCUT2D eigenvalue weighted by Gasteiger charge is -2.09. The van der Waals surface area contributed by atoms with Gasteiger partial charge in [0.1, 0.15) is 0 Å². The Morgan fingerprint density at radius 3 is 2.76 bits per heavy atom. The number of carbonyl (C=O) groups excluding carboxylic acids is 1. The summed E-state index contributed by atoms with van der Waals surface area (Å²) in [5.41, 5.74) is 2.12. The Hall–Kier alpha value is -1.49. The molecule has 1 aromatic rings. The van der Waals surface area contributed by atoms with Gasteiger partial charge in [-0.05, 0) is 31.7 Å². The Morgan fingerprint density at radius 2 is 2.06 bits per heavy atom. The van der Waals surface area contributed by atoms with Gasteiger partial charge in [-0.2, -0.15) is 10.2 Å². The summed E-state index contributed by atoms with van der Waals surface area (Å²) in [5.74, 6) is 1.25. The lowest BCUT2D eigenvalue weighted by molar-refractivity contribution is 0.0945. The van der Waals surface area contributed by atoms with Crippen molar-refractivity contribution in [1.82, 2.24) is 20.8 Å². The van der Waals surface area contributed by atoms with Gasteiger partial charge in [-0.3, -0.25) is 4.79 Å². The van der Waals surface area contributed by atoms with Crippen molar-refractivity contribution in [3.8, 4) is 0 Å². The maximum atomic E-state index is 12.1. The number of rotatable bonds is 2. The van der Waals surface area contributed by atoms with Gasteiger partial charge in [0.25, 0.3) is 5.91 Å². The summed E-state index contributed by atoms with van der Waals surface area (Å²) in [5, 5.41) is 14.3. The van der Waals surface area contributed by atoms with Gasteiger partial charge in [0.15, 0.2) is 0 Å². The van der Waals surface area contributed by atoms with Crippen molar-refractivity contribution in [2.45, 2.75) is 19.9 Å². The van der Waals surface area contributed by atoms with Gasteiger partial charge in [0, 0.05) is 19.1 Å². The second-order valence-electron chi connectivity index (χ2n) is 4.97. The predicted molar refractivity (Wildman–Crippen MR) is 62.6 cm³/mol. The second-order valence-corrected chi connectivity index (χ2v) is 4.97. The molecule has 0 aromatic carbocycles. The summed E-state index contributed by atoms with van der Waals surface area (Å²) < 4.78 is 0. The first-order valence-corrected chi connectivity index (χ1v) is 5.99. The number of nitrogens with one attached hydrogen (secondary N) is 2. The molecule has 0 bridgehead atoms. The van der Waals surface area contributed by atoms with Crippen LogP contribution in [0.2, 0.25) is 0 Å². The maximum absolute atomic E-state index is 12.1.